The van der Waals surface area contributed by atoms with Crippen LogP contribution in [-0.2, 0) is 11.2 Å². The number of rotatable bonds is 3. The summed E-state index contributed by atoms with van der Waals surface area (Å²) in [5, 5.41) is 0. The summed E-state index contributed by atoms with van der Waals surface area (Å²) in [5.41, 5.74) is 2.87. The Labute approximate surface area is 124 Å². The number of pyridine rings is 1. The minimum Gasteiger partial charge on any atom is -0.610 e. The molecule has 1 aromatic carbocycles. The summed E-state index contributed by atoms with van der Waals surface area (Å²) < 4.78 is 12.4. The van der Waals surface area contributed by atoms with Crippen LogP contribution in [0.5, 0.6) is 0 Å². The summed E-state index contributed by atoms with van der Waals surface area (Å²) in [7, 11) is 0. The maximum absolute atomic E-state index is 11.7. The first-order valence-corrected chi connectivity index (χ1v) is 8.43. The molecule has 0 bridgehead atoms. The Morgan fingerprint density at radius 2 is 1.80 bits per heavy atom. The SMILES string of the molecule is C[S+]([O-])c1nc(-c2cccnc2)c(-c2ccccc2)s1. The van der Waals surface area contributed by atoms with Gasteiger partial charge in [0.05, 0.1) is 10.6 Å². The summed E-state index contributed by atoms with van der Waals surface area (Å²) >= 11 is 0.398. The normalized spacial score (nSPS) is 12.3. The Hall–Kier alpha value is -1.69. The van der Waals surface area contributed by atoms with E-state index in [2.05, 4.69) is 9.97 Å². The van der Waals surface area contributed by atoms with Gasteiger partial charge in [0.15, 0.2) is 0 Å². The molecule has 3 aromatic rings. The van der Waals surface area contributed by atoms with Gasteiger partial charge in [0.25, 0.3) is 0 Å². The molecule has 0 radical (unpaired) electrons. The maximum Gasteiger partial charge on any atom is 0.302 e. The number of aromatic nitrogens is 2. The molecule has 0 aliphatic heterocycles. The number of thiazole rings is 1. The molecule has 0 spiro atoms. The first-order chi connectivity index (χ1) is 9.75. The second-order valence-electron chi connectivity index (χ2n) is 4.22. The van der Waals surface area contributed by atoms with Crippen LogP contribution in [0, 0.1) is 0 Å². The Kier molecular flexibility index (Phi) is 3.82. The van der Waals surface area contributed by atoms with E-state index in [1.165, 1.54) is 11.3 Å². The summed E-state index contributed by atoms with van der Waals surface area (Å²) in [6.07, 6.45) is 5.17. The average molecular weight is 300 g/mol. The molecule has 0 fully saturated rings. The van der Waals surface area contributed by atoms with Gasteiger partial charge in [-0.2, -0.15) is 4.98 Å². The zero-order valence-corrected chi connectivity index (χ0v) is 12.4. The van der Waals surface area contributed by atoms with Gasteiger partial charge in [-0.05, 0) is 17.7 Å². The lowest BCUT2D eigenvalue weighted by molar-refractivity contribution is 0.600. The van der Waals surface area contributed by atoms with Crippen LogP contribution in [0.4, 0.5) is 0 Å². The molecule has 3 nitrogen and oxygen atoms in total. The van der Waals surface area contributed by atoms with Gasteiger partial charge < -0.3 is 4.55 Å². The summed E-state index contributed by atoms with van der Waals surface area (Å²) in [5.74, 6) is 0. The molecule has 0 aliphatic rings. The van der Waals surface area contributed by atoms with Crippen molar-refractivity contribution in [1.82, 2.24) is 9.97 Å². The van der Waals surface area contributed by atoms with Crippen LogP contribution in [-0.4, -0.2) is 20.8 Å². The van der Waals surface area contributed by atoms with E-state index in [1.807, 2.05) is 42.5 Å². The van der Waals surface area contributed by atoms with E-state index in [4.69, 9.17) is 0 Å². The van der Waals surface area contributed by atoms with Crippen LogP contribution in [0.25, 0.3) is 21.7 Å². The van der Waals surface area contributed by atoms with Crippen molar-refractivity contribution in [2.24, 2.45) is 0 Å². The monoisotopic (exact) mass is 300 g/mol. The zero-order chi connectivity index (χ0) is 13.9. The summed E-state index contributed by atoms with van der Waals surface area (Å²) in [6.45, 7) is 0. The Morgan fingerprint density at radius 3 is 2.45 bits per heavy atom. The smallest absolute Gasteiger partial charge is 0.302 e. The van der Waals surface area contributed by atoms with Gasteiger partial charge in [0.1, 0.15) is 6.26 Å². The van der Waals surface area contributed by atoms with Crippen LogP contribution in [0.2, 0.25) is 0 Å². The lowest BCUT2D eigenvalue weighted by Crippen LogP contribution is -1.95. The van der Waals surface area contributed by atoms with Crippen molar-refractivity contribution in [2.75, 3.05) is 6.26 Å². The second kappa shape index (κ2) is 5.75. The lowest BCUT2D eigenvalue weighted by Gasteiger charge is -2.01. The largest absolute Gasteiger partial charge is 0.610 e. The molecule has 1 atom stereocenters. The Balaban J connectivity index is 2.18. The number of hydrogen-bond acceptors (Lipinski definition) is 4. The predicted molar refractivity (Wildman–Crippen MR) is 83.1 cm³/mol. The highest BCUT2D eigenvalue weighted by atomic mass is 32.2. The van der Waals surface area contributed by atoms with Gasteiger partial charge >= 0.3 is 4.34 Å². The first-order valence-electron chi connectivity index (χ1n) is 6.06. The molecule has 20 heavy (non-hydrogen) atoms. The van der Waals surface area contributed by atoms with Crippen molar-refractivity contribution in [3.63, 3.8) is 0 Å². The second-order valence-corrected chi connectivity index (χ2v) is 6.77. The highest BCUT2D eigenvalue weighted by Crippen LogP contribution is 2.37. The van der Waals surface area contributed by atoms with E-state index in [1.54, 1.807) is 18.6 Å². The minimum atomic E-state index is -1.08. The fourth-order valence-corrected chi connectivity index (χ4v) is 3.67. The van der Waals surface area contributed by atoms with Crippen molar-refractivity contribution >= 4 is 22.5 Å². The molecule has 2 heterocycles. The van der Waals surface area contributed by atoms with Crippen molar-refractivity contribution in [1.29, 1.82) is 0 Å². The molecule has 0 amide bonds. The van der Waals surface area contributed by atoms with Crippen molar-refractivity contribution < 1.29 is 4.55 Å². The van der Waals surface area contributed by atoms with Crippen LogP contribution < -0.4 is 0 Å². The fraction of sp³-hybridized carbons (Fsp3) is 0.0667. The van der Waals surface area contributed by atoms with Crippen molar-refractivity contribution in [3.8, 4) is 21.7 Å². The van der Waals surface area contributed by atoms with Gasteiger partial charge in [-0.25, -0.2) is 0 Å². The number of nitrogens with zero attached hydrogens (tertiary/aromatic N) is 2. The van der Waals surface area contributed by atoms with Crippen LogP contribution in [0.1, 0.15) is 0 Å². The van der Waals surface area contributed by atoms with Gasteiger partial charge in [0.2, 0.25) is 0 Å². The third-order valence-electron chi connectivity index (χ3n) is 2.82. The van der Waals surface area contributed by atoms with E-state index < -0.39 is 11.2 Å². The van der Waals surface area contributed by atoms with Crippen LogP contribution >= 0.6 is 11.3 Å². The topological polar surface area (TPSA) is 48.8 Å². The number of hydrogen-bond donors (Lipinski definition) is 0. The third-order valence-corrected chi connectivity index (χ3v) is 5.26. The molecular formula is C15H12N2OS2. The molecule has 3 rings (SSSR count). The standard InChI is InChI=1S/C15H12N2OS2/c1-20(18)15-17-13(12-8-5-9-16-10-12)14(19-15)11-6-3-2-4-7-11/h2-10H,1H3. The van der Waals surface area contributed by atoms with Gasteiger partial charge in [0, 0.05) is 29.1 Å². The number of benzene rings is 1. The quantitative estimate of drug-likeness (QED) is 0.694. The third kappa shape index (κ3) is 2.60. The summed E-state index contributed by atoms with van der Waals surface area (Å²) in [4.78, 5) is 9.70. The predicted octanol–water partition coefficient (Wildman–Crippen LogP) is 3.61. The summed E-state index contributed by atoms with van der Waals surface area (Å²) in [6, 6.07) is 13.9. The first kappa shape index (κ1) is 13.3. The molecule has 0 saturated carbocycles. The van der Waals surface area contributed by atoms with Gasteiger partial charge in [-0.3, -0.25) is 4.98 Å². The van der Waals surface area contributed by atoms with E-state index in [-0.39, 0.29) is 0 Å². The molecular weight excluding hydrogens is 288 g/mol. The molecule has 5 heteroatoms. The fourth-order valence-electron chi connectivity index (χ4n) is 1.91. The lowest BCUT2D eigenvalue weighted by atomic mass is 10.1. The van der Waals surface area contributed by atoms with Gasteiger partial charge in [-0.15, -0.1) is 0 Å². The van der Waals surface area contributed by atoms with Crippen molar-refractivity contribution in [2.45, 2.75) is 4.34 Å². The molecule has 0 N–H and O–H groups in total. The Morgan fingerprint density at radius 1 is 1.05 bits per heavy atom. The molecule has 0 aliphatic carbocycles. The molecule has 1 unspecified atom stereocenters. The Bertz CT molecular complexity index is 639. The minimum absolute atomic E-state index is 0.641. The van der Waals surface area contributed by atoms with E-state index in [9.17, 15) is 4.55 Å². The zero-order valence-electron chi connectivity index (χ0n) is 10.8. The molecule has 100 valence electrons. The van der Waals surface area contributed by atoms with E-state index in [0.29, 0.717) is 4.34 Å². The maximum atomic E-state index is 11.7. The molecule has 0 saturated heterocycles. The highest BCUT2D eigenvalue weighted by Gasteiger charge is 2.19. The van der Waals surface area contributed by atoms with E-state index in [0.717, 1.165) is 21.7 Å². The van der Waals surface area contributed by atoms with Crippen LogP contribution in [0.15, 0.2) is 59.2 Å². The van der Waals surface area contributed by atoms with Crippen molar-refractivity contribution in [3.05, 3.63) is 54.9 Å². The molecule has 2 aromatic heterocycles. The van der Waals surface area contributed by atoms with E-state index >= 15 is 0 Å². The highest BCUT2D eigenvalue weighted by molar-refractivity contribution is 7.92. The average Bonchev–Trinajstić information content (AvgIpc) is 2.94. The van der Waals surface area contributed by atoms with Gasteiger partial charge in [-0.1, -0.05) is 41.7 Å². The van der Waals surface area contributed by atoms with Crippen LogP contribution in [0.3, 0.4) is 0 Å².